The van der Waals surface area contributed by atoms with E-state index in [1.165, 1.54) is 24.0 Å². The molecule has 1 aliphatic carbocycles. The molecule has 7 heteroatoms. The first kappa shape index (κ1) is 22.7. The van der Waals surface area contributed by atoms with E-state index in [1.54, 1.807) is 0 Å². The highest BCUT2D eigenvalue weighted by Gasteiger charge is 2.35. The first-order valence-electron chi connectivity index (χ1n) is 12.3. The van der Waals surface area contributed by atoms with Gasteiger partial charge in [-0.2, -0.15) is 0 Å². The summed E-state index contributed by atoms with van der Waals surface area (Å²) in [5, 5.41) is 3.80. The second-order valence-corrected chi connectivity index (χ2v) is 11.7. The number of hydrogen-bond donors (Lipinski definition) is 2. The Morgan fingerprint density at radius 2 is 1.88 bits per heavy atom. The van der Waals surface area contributed by atoms with E-state index in [4.69, 9.17) is 4.74 Å². The van der Waals surface area contributed by atoms with Crippen LogP contribution in [0, 0.1) is 5.92 Å². The maximum Gasteiger partial charge on any atom is 0.211 e. The third kappa shape index (κ3) is 5.53. The van der Waals surface area contributed by atoms with E-state index in [1.807, 2.05) is 6.92 Å². The first-order valence-corrected chi connectivity index (χ1v) is 13.9. The van der Waals surface area contributed by atoms with Crippen LogP contribution in [0.2, 0.25) is 0 Å². The fraction of sp³-hybridized carbons (Fsp3) is 0.538. The molecule has 1 saturated carbocycles. The monoisotopic (exact) mass is 469 g/mol. The number of ether oxygens (including phenoxy) is 1. The Labute approximate surface area is 197 Å². The third-order valence-corrected chi connectivity index (χ3v) is 8.66. The topological polar surface area (TPSA) is 70.7 Å². The lowest BCUT2D eigenvalue weighted by atomic mass is 9.83. The van der Waals surface area contributed by atoms with Gasteiger partial charge >= 0.3 is 0 Å². The zero-order chi connectivity index (χ0) is 22.8. The molecule has 3 aliphatic rings. The van der Waals surface area contributed by atoms with Crippen LogP contribution in [0.15, 0.2) is 48.5 Å². The molecule has 0 radical (unpaired) electrons. The number of nitrogens with one attached hydrogen (secondary N) is 2. The standard InChI is InChI=1S/C26H35N3O3S/c1-2-12-33(30,31)28-21-16-29(17-21)22-10-11-26-24(14-22)23(13-19-6-4-3-5-7-19)25(18-32-26)27-15-20-8-9-20/h3-7,10-11,14,20-21,23,25,27-28H,2,8-9,12-13,15-18H2,1H3/t23-,25+/m0/s1. The second kappa shape index (κ2) is 9.65. The van der Waals surface area contributed by atoms with Gasteiger partial charge in [0.05, 0.1) is 11.8 Å². The number of hydrogen-bond acceptors (Lipinski definition) is 5. The highest BCUT2D eigenvalue weighted by atomic mass is 32.2. The lowest BCUT2D eigenvalue weighted by molar-refractivity contribution is 0.211. The molecule has 2 aliphatic heterocycles. The molecule has 0 amide bonds. The number of nitrogens with zero attached hydrogens (tertiary/aromatic N) is 1. The maximum atomic E-state index is 12.1. The van der Waals surface area contributed by atoms with E-state index in [9.17, 15) is 8.42 Å². The van der Waals surface area contributed by atoms with Gasteiger partial charge in [-0.15, -0.1) is 0 Å². The molecule has 0 unspecified atom stereocenters. The van der Waals surface area contributed by atoms with Crippen molar-refractivity contribution in [1.29, 1.82) is 0 Å². The van der Waals surface area contributed by atoms with Crippen LogP contribution in [0.3, 0.4) is 0 Å². The van der Waals surface area contributed by atoms with E-state index < -0.39 is 10.0 Å². The molecule has 1 saturated heterocycles. The van der Waals surface area contributed by atoms with Crippen LogP contribution in [0.4, 0.5) is 5.69 Å². The number of fused-ring (bicyclic) bond motifs is 1. The second-order valence-electron chi connectivity index (χ2n) is 9.83. The van der Waals surface area contributed by atoms with Crippen molar-refractivity contribution in [3.05, 3.63) is 59.7 Å². The largest absolute Gasteiger partial charge is 0.492 e. The average molecular weight is 470 g/mol. The van der Waals surface area contributed by atoms with Gasteiger partial charge in [-0.1, -0.05) is 37.3 Å². The van der Waals surface area contributed by atoms with E-state index in [2.05, 4.69) is 63.5 Å². The van der Waals surface area contributed by atoms with Crippen LogP contribution in [0.1, 0.15) is 43.2 Å². The Balaban J connectivity index is 1.32. The highest BCUT2D eigenvalue weighted by molar-refractivity contribution is 7.89. The van der Waals surface area contributed by atoms with Crippen molar-refractivity contribution < 1.29 is 13.2 Å². The lowest BCUT2D eigenvalue weighted by Gasteiger charge is -2.42. The van der Waals surface area contributed by atoms with Gasteiger partial charge < -0.3 is 15.0 Å². The fourth-order valence-corrected chi connectivity index (χ4v) is 6.29. The molecule has 6 nitrogen and oxygen atoms in total. The van der Waals surface area contributed by atoms with Crippen LogP contribution < -0.4 is 19.7 Å². The Kier molecular flexibility index (Phi) is 6.63. The molecule has 0 spiro atoms. The SMILES string of the molecule is CCCS(=O)(=O)NC1CN(c2ccc3c(c2)[C@H](Cc2ccccc2)[C@H](NCC2CC2)CO3)C1. The van der Waals surface area contributed by atoms with Crippen LogP contribution in [0.5, 0.6) is 5.75 Å². The molecule has 2 N–H and O–H groups in total. The van der Waals surface area contributed by atoms with E-state index >= 15 is 0 Å². The molecule has 2 fully saturated rings. The Hall–Kier alpha value is -2.09. The van der Waals surface area contributed by atoms with Crippen LogP contribution in [-0.2, 0) is 16.4 Å². The van der Waals surface area contributed by atoms with Gasteiger partial charge in [0.1, 0.15) is 12.4 Å². The van der Waals surface area contributed by atoms with Crippen molar-refractivity contribution in [2.45, 2.75) is 50.6 Å². The molecule has 5 rings (SSSR count). The summed E-state index contributed by atoms with van der Waals surface area (Å²) in [5.74, 6) is 2.33. The summed E-state index contributed by atoms with van der Waals surface area (Å²) < 4.78 is 33.2. The molecule has 2 aromatic carbocycles. The molecule has 2 atom stereocenters. The summed E-state index contributed by atoms with van der Waals surface area (Å²) in [4.78, 5) is 2.25. The zero-order valence-corrected chi connectivity index (χ0v) is 20.2. The van der Waals surface area contributed by atoms with Gasteiger partial charge in [0.25, 0.3) is 0 Å². The van der Waals surface area contributed by atoms with Crippen molar-refractivity contribution in [2.75, 3.05) is 36.9 Å². The molecular formula is C26H35N3O3S. The Morgan fingerprint density at radius 1 is 1.09 bits per heavy atom. The summed E-state index contributed by atoms with van der Waals surface area (Å²) in [7, 11) is -3.18. The predicted molar refractivity (Wildman–Crippen MR) is 133 cm³/mol. The first-order chi connectivity index (χ1) is 16.0. The molecule has 33 heavy (non-hydrogen) atoms. The number of anilines is 1. The molecule has 178 valence electrons. The summed E-state index contributed by atoms with van der Waals surface area (Å²) in [5.41, 5.74) is 3.74. The van der Waals surface area contributed by atoms with Gasteiger partial charge in [-0.3, -0.25) is 0 Å². The normalized spacial score (nSPS) is 23.0. The molecule has 2 aromatic rings. The molecule has 0 bridgehead atoms. The van der Waals surface area contributed by atoms with Crippen LogP contribution in [0.25, 0.3) is 0 Å². The Morgan fingerprint density at radius 3 is 2.61 bits per heavy atom. The van der Waals surface area contributed by atoms with Gasteiger partial charge in [-0.05, 0) is 61.9 Å². The molecule has 0 aromatic heterocycles. The smallest absolute Gasteiger partial charge is 0.211 e. The summed E-state index contributed by atoms with van der Waals surface area (Å²) >= 11 is 0. The average Bonchev–Trinajstić information content (AvgIpc) is 3.60. The predicted octanol–water partition coefficient (Wildman–Crippen LogP) is 3.29. The minimum atomic E-state index is -3.18. The van der Waals surface area contributed by atoms with Gasteiger partial charge in [0, 0.05) is 36.3 Å². The van der Waals surface area contributed by atoms with Gasteiger partial charge in [0.2, 0.25) is 10.0 Å². The van der Waals surface area contributed by atoms with E-state index in [-0.39, 0.29) is 11.8 Å². The zero-order valence-electron chi connectivity index (χ0n) is 19.4. The number of rotatable bonds is 10. The van der Waals surface area contributed by atoms with E-state index in [0.717, 1.165) is 30.3 Å². The lowest BCUT2D eigenvalue weighted by Crippen LogP contribution is -2.59. The van der Waals surface area contributed by atoms with Crippen molar-refractivity contribution in [3.63, 3.8) is 0 Å². The third-order valence-electron chi connectivity index (χ3n) is 7.03. The van der Waals surface area contributed by atoms with Gasteiger partial charge in [-0.25, -0.2) is 13.1 Å². The summed E-state index contributed by atoms with van der Waals surface area (Å²) in [6, 6.07) is 17.4. The van der Waals surface area contributed by atoms with Crippen molar-refractivity contribution in [1.82, 2.24) is 10.0 Å². The Bertz CT molecular complexity index is 1050. The number of sulfonamides is 1. The maximum absolute atomic E-state index is 12.1. The molecule has 2 heterocycles. The fourth-order valence-electron chi connectivity index (χ4n) is 4.97. The minimum Gasteiger partial charge on any atom is -0.492 e. The summed E-state index contributed by atoms with van der Waals surface area (Å²) in [6.45, 7) is 5.06. The minimum absolute atomic E-state index is 0.0121. The van der Waals surface area contributed by atoms with Crippen molar-refractivity contribution >= 4 is 15.7 Å². The highest BCUT2D eigenvalue weighted by Crippen LogP contribution is 2.40. The van der Waals surface area contributed by atoms with Crippen molar-refractivity contribution in [2.24, 2.45) is 5.92 Å². The quantitative estimate of drug-likeness (QED) is 0.559. The van der Waals surface area contributed by atoms with Crippen LogP contribution in [-0.4, -0.2) is 52.5 Å². The van der Waals surface area contributed by atoms with Crippen LogP contribution >= 0.6 is 0 Å². The van der Waals surface area contributed by atoms with Gasteiger partial charge in [0.15, 0.2) is 0 Å². The van der Waals surface area contributed by atoms with Crippen molar-refractivity contribution in [3.8, 4) is 5.75 Å². The summed E-state index contributed by atoms with van der Waals surface area (Å²) in [6.07, 6.45) is 4.28. The molecular weight excluding hydrogens is 434 g/mol. The number of benzene rings is 2. The van der Waals surface area contributed by atoms with E-state index in [0.29, 0.717) is 38.1 Å².